The third-order valence-electron chi connectivity index (χ3n) is 4.42. The predicted octanol–water partition coefficient (Wildman–Crippen LogP) is 1.96. The van der Waals surface area contributed by atoms with Gasteiger partial charge in [0.1, 0.15) is 0 Å². The van der Waals surface area contributed by atoms with Gasteiger partial charge in [0.2, 0.25) is 0 Å². The van der Waals surface area contributed by atoms with Crippen LogP contribution < -0.4 is 10.6 Å². The standard InChI is InChI=1S/C16H33N3O2/c1-4-14-7-5-6-10-19(14)11-9-17-15(21)18-13-16(2,3)8-12-20/h14,20H,4-13H2,1-3H3,(H2,17,18,21). The summed E-state index contributed by atoms with van der Waals surface area (Å²) >= 11 is 0. The quantitative estimate of drug-likeness (QED) is 0.642. The Morgan fingerprint density at radius 1 is 1.33 bits per heavy atom. The largest absolute Gasteiger partial charge is 0.396 e. The molecule has 21 heavy (non-hydrogen) atoms. The highest BCUT2D eigenvalue weighted by atomic mass is 16.3. The van der Waals surface area contributed by atoms with Crippen molar-refractivity contribution in [3.8, 4) is 0 Å². The zero-order chi connectivity index (χ0) is 15.7. The van der Waals surface area contributed by atoms with Gasteiger partial charge in [0, 0.05) is 32.3 Å². The Morgan fingerprint density at radius 3 is 2.76 bits per heavy atom. The molecule has 1 rings (SSSR count). The van der Waals surface area contributed by atoms with Crippen molar-refractivity contribution in [1.29, 1.82) is 0 Å². The van der Waals surface area contributed by atoms with Crippen LogP contribution in [0.4, 0.5) is 4.79 Å². The number of carbonyl (C=O) groups excluding carboxylic acids is 1. The smallest absolute Gasteiger partial charge is 0.314 e. The fourth-order valence-electron chi connectivity index (χ4n) is 2.90. The van der Waals surface area contributed by atoms with E-state index in [0.717, 1.165) is 13.1 Å². The number of nitrogens with zero attached hydrogens (tertiary/aromatic N) is 1. The van der Waals surface area contributed by atoms with E-state index in [0.29, 0.717) is 25.6 Å². The van der Waals surface area contributed by atoms with Crippen LogP contribution in [-0.2, 0) is 0 Å². The molecule has 0 aromatic heterocycles. The summed E-state index contributed by atoms with van der Waals surface area (Å²) < 4.78 is 0. The van der Waals surface area contributed by atoms with Crippen molar-refractivity contribution in [2.75, 3.05) is 32.8 Å². The van der Waals surface area contributed by atoms with Gasteiger partial charge in [-0.3, -0.25) is 4.90 Å². The van der Waals surface area contributed by atoms with Crippen molar-refractivity contribution in [3.05, 3.63) is 0 Å². The highest BCUT2D eigenvalue weighted by Gasteiger charge is 2.21. The van der Waals surface area contributed by atoms with Crippen LogP contribution in [-0.4, -0.2) is 54.9 Å². The fraction of sp³-hybridized carbons (Fsp3) is 0.938. The third kappa shape index (κ3) is 7.14. The van der Waals surface area contributed by atoms with Gasteiger partial charge in [0.05, 0.1) is 0 Å². The van der Waals surface area contributed by atoms with Crippen LogP contribution in [0.5, 0.6) is 0 Å². The van der Waals surface area contributed by atoms with Gasteiger partial charge in [0.25, 0.3) is 0 Å². The van der Waals surface area contributed by atoms with E-state index in [1.165, 1.54) is 25.7 Å². The van der Waals surface area contributed by atoms with Crippen molar-refractivity contribution < 1.29 is 9.90 Å². The summed E-state index contributed by atoms with van der Waals surface area (Å²) in [4.78, 5) is 14.3. The lowest BCUT2D eigenvalue weighted by molar-refractivity contribution is 0.145. The molecule has 0 radical (unpaired) electrons. The number of amides is 2. The molecule has 1 atom stereocenters. The number of piperidine rings is 1. The molecule has 1 fully saturated rings. The summed E-state index contributed by atoms with van der Waals surface area (Å²) in [7, 11) is 0. The molecule has 0 bridgehead atoms. The monoisotopic (exact) mass is 299 g/mol. The second kappa shape index (κ2) is 9.26. The molecule has 2 amide bonds. The number of carbonyl (C=O) groups is 1. The van der Waals surface area contributed by atoms with Gasteiger partial charge in [-0.15, -0.1) is 0 Å². The van der Waals surface area contributed by atoms with Crippen LogP contribution in [0.1, 0.15) is 52.9 Å². The minimum Gasteiger partial charge on any atom is -0.396 e. The van der Waals surface area contributed by atoms with E-state index in [9.17, 15) is 4.79 Å². The summed E-state index contributed by atoms with van der Waals surface area (Å²) in [5.74, 6) is 0. The molecule has 0 aromatic rings. The Bertz CT molecular complexity index is 308. The van der Waals surface area contributed by atoms with Crippen LogP contribution in [0.25, 0.3) is 0 Å². The van der Waals surface area contributed by atoms with Crippen molar-refractivity contribution in [3.63, 3.8) is 0 Å². The third-order valence-corrected chi connectivity index (χ3v) is 4.42. The summed E-state index contributed by atoms with van der Waals surface area (Å²) in [5.41, 5.74) is -0.0632. The number of hydrogen-bond donors (Lipinski definition) is 3. The fourth-order valence-corrected chi connectivity index (χ4v) is 2.90. The first-order chi connectivity index (χ1) is 9.98. The number of nitrogens with one attached hydrogen (secondary N) is 2. The van der Waals surface area contributed by atoms with E-state index in [1.54, 1.807) is 0 Å². The second-order valence-electron chi connectivity index (χ2n) is 6.84. The molecule has 0 saturated carbocycles. The Balaban J connectivity index is 2.18. The van der Waals surface area contributed by atoms with Gasteiger partial charge in [-0.2, -0.15) is 0 Å². The molecule has 3 N–H and O–H groups in total. The predicted molar refractivity (Wildman–Crippen MR) is 86.4 cm³/mol. The molecule has 5 heteroatoms. The number of aliphatic hydroxyl groups is 1. The minimum absolute atomic E-state index is 0.0632. The molecule has 0 spiro atoms. The lowest BCUT2D eigenvalue weighted by Crippen LogP contribution is -2.46. The van der Waals surface area contributed by atoms with E-state index in [1.807, 2.05) is 13.8 Å². The average Bonchev–Trinajstić information content (AvgIpc) is 2.46. The zero-order valence-corrected chi connectivity index (χ0v) is 14.0. The van der Waals surface area contributed by atoms with Gasteiger partial charge in [-0.25, -0.2) is 4.79 Å². The van der Waals surface area contributed by atoms with Gasteiger partial charge in [-0.05, 0) is 37.6 Å². The highest BCUT2D eigenvalue weighted by molar-refractivity contribution is 5.73. The van der Waals surface area contributed by atoms with E-state index in [4.69, 9.17) is 5.11 Å². The summed E-state index contributed by atoms with van der Waals surface area (Å²) in [6, 6.07) is 0.582. The van der Waals surface area contributed by atoms with E-state index < -0.39 is 0 Å². The summed E-state index contributed by atoms with van der Waals surface area (Å²) in [5, 5.41) is 14.8. The van der Waals surface area contributed by atoms with Crippen LogP contribution in [0.2, 0.25) is 0 Å². The maximum absolute atomic E-state index is 11.8. The van der Waals surface area contributed by atoms with E-state index in [-0.39, 0.29) is 18.1 Å². The molecule has 1 aliphatic rings. The van der Waals surface area contributed by atoms with Crippen molar-refractivity contribution in [2.45, 2.75) is 58.9 Å². The van der Waals surface area contributed by atoms with Crippen LogP contribution in [0.15, 0.2) is 0 Å². The molecule has 1 aliphatic heterocycles. The normalized spacial score (nSPS) is 20.3. The van der Waals surface area contributed by atoms with Crippen molar-refractivity contribution in [1.82, 2.24) is 15.5 Å². The van der Waals surface area contributed by atoms with E-state index in [2.05, 4.69) is 22.5 Å². The average molecular weight is 299 g/mol. The topological polar surface area (TPSA) is 64.6 Å². The van der Waals surface area contributed by atoms with Gasteiger partial charge >= 0.3 is 6.03 Å². The number of hydrogen-bond acceptors (Lipinski definition) is 3. The first-order valence-corrected chi connectivity index (χ1v) is 8.35. The van der Waals surface area contributed by atoms with E-state index >= 15 is 0 Å². The molecule has 0 aliphatic carbocycles. The highest BCUT2D eigenvalue weighted by Crippen LogP contribution is 2.19. The van der Waals surface area contributed by atoms with Crippen LogP contribution >= 0.6 is 0 Å². The first-order valence-electron chi connectivity index (χ1n) is 8.35. The molecular formula is C16H33N3O2. The zero-order valence-electron chi connectivity index (χ0n) is 14.0. The Kier molecular flexibility index (Phi) is 8.04. The Hall–Kier alpha value is -0.810. The summed E-state index contributed by atoms with van der Waals surface area (Å²) in [6.45, 7) is 9.86. The Morgan fingerprint density at radius 2 is 2.10 bits per heavy atom. The molecule has 5 nitrogen and oxygen atoms in total. The van der Waals surface area contributed by atoms with Crippen LogP contribution in [0.3, 0.4) is 0 Å². The van der Waals surface area contributed by atoms with Crippen molar-refractivity contribution in [2.24, 2.45) is 5.41 Å². The number of urea groups is 1. The van der Waals surface area contributed by atoms with Crippen LogP contribution in [0, 0.1) is 5.41 Å². The SMILES string of the molecule is CCC1CCCCN1CCNC(=O)NCC(C)(C)CCO. The lowest BCUT2D eigenvalue weighted by atomic mass is 9.90. The molecule has 1 unspecified atom stereocenters. The molecule has 1 heterocycles. The molecule has 0 aromatic carbocycles. The summed E-state index contributed by atoms with van der Waals surface area (Å²) in [6.07, 6.45) is 5.79. The minimum atomic E-state index is -0.105. The number of rotatable bonds is 8. The molecule has 1 saturated heterocycles. The lowest BCUT2D eigenvalue weighted by Gasteiger charge is -2.35. The number of likely N-dealkylation sites (tertiary alicyclic amines) is 1. The number of aliphatic hydroxyl groups excluding tert-OH is 1. The maximum Gasteiger partial charge on any atom is 0.314 e. The molecule has 124 valence electrons. The van der Waals surface area contributed by atoms with Gasteiger partial charge in [0.15, 0.2) is 0 Å². The first kappa shape index (κ1) is 18.2. The second-order valence-corrected chi connectivity index (χ2v) is 6.84. The Labute approximate surface area is 129 Å². The maximum atomic E-state index is 11.8. The molecular weight excluding hydrogens is 266 g/mol. The van der Waals surface area contributed by atoms with Gasteiger partial charge in [-0.1, -0.05) is 27.2 Å². The van der Waals surface area contributed by atoms with Gasteiger partial charge < -0.3 is 15.7 Å². The van der Waals surface area contributed by atoms with Crippen molar-refractivity contribution >= 4 is 6.03 Å².